The van der Waals surface area contributed by atoms with E-state index in [2.05, 4.69) is 15.6 Å². The van der Waals surface area contributed by atoms with Crippen LogP contribution in [0.15, 0.2) is 82.0 Å². The number of nitrogen functional groups attached to an aromatic ring is 1. The molecule has 19 heteroatoms. The van der Waals surface area contributed by atoms with E-state index in [0.717, 1.165) is 6.07 Å². The molecular weight excluding hydrogens is 812 g/mol. The number of anilines is 1. The molecular formula is C43H48N4O15. The molecule has 3 fully saturated rings. The van der Waals surface area contributed by atoms with Crippen LogP contribution in [0.3, 0.4) is 0 Å². The Morgan fingerprint density at radius 3 is 2.42 bits per heavy atom. The van der Waals surface area contributed by atoms with Crippen molar-refractivity contribution in [2.45, 2.75) is 86.2 Å². The second kappa shape index (κ2) is 17.1. The predicted molar refractivity (Wildman–Crippen MR) is 218 cm³/mol. The molecule has 3 aromatic carbocycles. The van der Waals surface area contributed by atoms with Crippen LogP contribution in [0.4, 0.5) is 5.82 Å². The van der Waals surface area contributed by atoms with Gasteiger partial charge < -0.3 is 85.6 Å². The van der Waals surface area contributed by atoms with Crippen molar-refractivity contribution < 1.29 is 69.0 Å². The van der Waals surface area contributed by atoms with E-state index < -0.39 is 83.6 Å². The Morgan fingerprint density at radius 2 is 1.77 bits per heavy atom. The van der Waals surface area contributed by atoms with Crippen LogP contribution in [-0.2, 0) is 15.1 Å². The lowest BCUT2D eigenvalue weighted by Gasteiger charge is -2.47. The summed E-state index contributed by atoms with van der Waals surface area (Å²) in [5.41, 5.74) is 2.43. The first kappa shape index (κ1) is 42.8. The Balaban J connectivity index is 1.16. The molecule has 0 amide bonds. The van der Waals surface area contributed by atoms with Crippen LogP contribution in [0, 0.1) is 0 Å². The summed E-state index contributed by atoms with van der Waals surface area (Å²) in [5, 5.41) is 93.4. The van der Waals surface area contributed by atoms with Crippen molar-refractivity contribution >= 4 is 22.8 Å². The molecule has 4 heterocycles. The summed E-state index contributed by atoms with van der Waals surface area (Å²) in [4.78, 5) is 29.3. The van der Waals surface area contributed by atoms with Crippen molar-refractivity contribution in [1.82, 2.24) is 15.6 Å². The van der Waals surface area contributed by atoms with Crippen LogP contribution in [0.2, 0.25) is 0 Å². The van der Waals surface area contributed by atoms with Crippen LogP contribution < -0.4 is 36.0 Å². The molecule has 62 heavy (non-hydrogen) atoms. The van der Waals surface area contributed by atoms with Gasteiger partial charge >= 0.3 is 5.97 Å². The van der Waals surface area contributed by atoms with Gasteiger partial charge in [-0.2, -0.15) is 0 Å². The molecule has 330 valence electrons. The summed E-state index contributed by atoms with van der Waals surface area (Å²) in [6, 6.07) is 17.5. The molecule has 1 saturated carbocycles. The molecule has 2 aliphatic heterocycles. The van der Waals surface area contributed by atoms with Crippen LogP contribution in [0.1, 0.15) is 49.5 Å². The highest BCUT2D eigenvalue weighted by Gasteiger charge is 2.59. The number of aromatic nitrogens is 1. The smallest absolute Gasteiger partial charge is 0.336 e. The van der Waals surface area contributed by atoms with Gasteiger partial charge in [0.25, 0.3) is 0 Å². The van der Waals surface area contributed by atoms with Gasteiger partial charge in [0.2, 0.25) is 12.0 Å². The summed E-state index contributed by atoms with van der Waals surface area (Å²) >= 11 is 0. The van der Waals surface area contributed by atoms with Gasteiger partial charge in [-0.25, -0.2) is 4.79 Å². The van der Waals surface area contributed by atoms with E-state index >= 15 is 0 Å². The van der Waals surface area contributed by atoms with E-state index in [1.165, 1.54) is 30.3 Å². The maximum atomic E-state index is 13.9. The minimum absolute atomic E-state index is 0.0242. The lowest BCUT2D eigenvalue weighted by molar-refractivity contribution is -0.307. The standard InChI is InChI=1S/C43H48N4O15/c44-32-11-10-26(47-32)34(51)31(19-48)58-25-8-6-21(7-9-25)28-15-27(50)33-29(59-28)16-30(37(35(33)52)62-42(12-1-2-13-42)22-4-3-5-24(49)14-22)60-41-36(53)38(54)43(57,39(61-41)40(55)56)17-23-18-45-20-46-23/h3-11,14-16,23,31,34,36,38-39,41,45-49,51-54,57H,1-2,12-13,17-20,44H2,(H,55,56)/t23-,31-,34+,36+,38-,39+,41+,43-/m0/s1. The van der Waals surface area contributed by atoms with Gasteiger partial charge in [-0.05, 0) is 86.2 Å². The van der Waals surface area contributed by atoms with Gasteiger partial charge in [-0.1, -0.05) is 12.1 Å². The highest BCUT2D eigenvalue weighted by molar-refractivity contribution is 5.89. The Labute approximate surface area is 352 Å². The number of aromatic hydroxyl groups is 2. The number of hydrogen-bond acceptors (Lipinski definition) is 17. The second-order valence-corrected chi connectivity index (χ2v) is 15.9. The number of ether oxygens (including phenoxy) is 4. The number of aliphatic hydroxyl groups is 5. The van der Waals surface area contributed by atoms with Crippen LogP contribution in [0.5, 0.6) is 28.7 Å². The Hall–Kier alpha value is -5.90. The van der Waals surface area contributed by atoms with Crippen molar-refractivity contribution in [1.29, 1.82) is 0 Å². The fourth-order valence-corrected chi connectivity index (χ4v) is 8.58. The number of H-pyrrole nitrogens is 1. The van der Waals surface area contributed by atoms with E-state index in [1.54, 1.807) is 36.4 Å². The maximum absolute atomic E-state index is 13.9. The second-order valence-electron chi connectivity index (χ2n) is 15.9. The molecule has 19 nitrogen and oxygen atoms in total. The molecule has 2 aromatic heterocycles. The number of phenolic OH excluding ortho intramolecular Hbond substituents is 2. The number of nitrogens with one attached hydrogen (secondary N) is 3. The first-order chi connectivity index (χ1) is 29.7. The number of carbonyl (C=O) groups is 1. The third kappa shape index (κ3) is 8.12. The number of aliphatic carboxylic acids is 1. The van der Waals surface area contributed by atoms with Crippen LogP contribution >= 0.6 is 0 Å². The molecule has 0 radical (unpaired) electrons. The number of phenols is 2. The minimum Gasteiger partial charge on any atom is -0.508 e. The molecule has 1 aliphatic carbocycles. The summed E-state index contributed by atoms with van der Waals surface area (Å²) in [7, 11) is 0. The Kier molecular flexibility index (Phi) is 11.8. The van der Waals surface area contributed by atoms with Crippen molar-refractivity contribution in [3.63, 3.8) is 0 Å². The summed E-state index contributed by atoms with van der Waals surface area (Å²) in [5.74, 6) is -2.58. The average molecular weight is 861 g/mol. The first-order valence-corrected chi connectivity index (χ1v) is 20.1. The minimum atomic E-state index is -2.47. The van der Waals surface area contributed by atoms with Gasteiger partial charge in [-0.3, -0.25) is 4.79 Å². The van der Waals surface area contributed by atoms with Crippen molar-refractivity contribution in [3.8, 4) is 40.1 Å². The summed E-state index contributed by atoms with van der Waals surface area (Å²) in [6.07, 6.45) is -8.62. The molecule has 0 bridgehead atoms. The number of aromatic amines is 1. The maximum Gasteiger partial charge on any atom is 0.336 e. The average Bonchev–Trinajstić information content (AvgIpc) is 4.05. The lowest BCUT2D eigenvalue weighted by atomic mass is 9.79. The number of benzene rings is 3. The zero-order valence-electron chi connectivity index (χ0n) is 33.1. The van der Waals surface area contributed by atoms with Gasteiger partial charge in [0.15, 0.2) is 29.1 Å². The number of aliphatic hydroxyl groups excluding tert-OH is 4. The Bertz CT molecular complexity index is 2460. The monoisotopic (exact) mass is 860 g/mol. The number of rotatable bonds is 14. The molecule has 13 N–H and O–H groups in total. The van der Waals surface area contributed by atoms with E-state index in [-0.39, 0.29) is 40.4 Å². The summed E-state index contributed by atoms with van der Waals surface area (Å²) in [6.45, 7) is 0.187. The fourth-order valence-electron chi connectivity index (χ4n) is 8.58. The van der Waals surface area contributed by atoms with Gasteiger partial charge in [-0.15, -0.1) is 0 Å². The third-order valence-electron chi connectivity index (χ3n) is 11.8. The Morgan fingerprint density at radius 1 is 1.02 bits per heavy atom. The molecule has 2 saturated heterocycles. The van der Waals surface area contributed by atoms with E-state index in [0.29, 0.717) is 61.5 Å². The van der Waals surface area contributed by atoms with Crippen LogP contribution in [-0.4, -0.2) is 114 Å². The number of fused-ring (bicyclic) bond motifs is 1. The van der Waals surface area contributed by atoms with E-state index in [1.807, 2.05) is 0 Å². The molecule has 8 rings (SSSR count). The summed E-state index contributed by atoms with van der Waals surface area (Å²) < 4.78 is 30.5. The lowest BCUT2D eigenvalue weighted by Crippen LogP contribution is -2.70. The zero-order valence-corrected chi connectivity index (χ0v) is 33.1. The molecule has 3 aliphatic rings. The first-order valence-electron chi connectivity index (χ1n) is 20.1. The van der Waals surface area contributed by atoms with Crippen molar-refractivity contribution in [3.05, 3.63) is 94.3 Å². The SMILES string of the molecule is Nc1ccc([C@@H](O)[C@H](CO)Oc2ccc(-c3cc(=O)c4c(O)c(OC5(c6cccc(O)c6)CCCC5)c(O[C@@H]5O[C@H](C(=O)O)[C@](O)(C[C@H]6CNCN6)[C@@H](O)[C@H]5O)cc4o3)cc2)[nH]1. The highest BCUT2D eigenvalue weighted by Crippen LogP contribution is 2.51. The van der Waals surface area contributed by atoms with Crippen molar-refractivity contribution in [2.75, 3.05) is 25.6 Å². The normalized spacial score (nSPS) is 25.7. The van der Waals surface area contributed by atoms with E-state index in [4.69, 9.17) is 29.1 Å². The zero-order chi connectivity index (χ0) is 43.9. The van der Waals surface area contributed by atoms with Gasteiger partial charge in [0, 0.05) is 42.6 Å². The largest absolute Gasteiger partial charge is 0.508 e. The number of carboxylic acids is 1. The van der Waals surface area contributed by atoms with Crippen LogP contribution in [0.25, 0.3) is 22.3 Å². The number of hydrogen-bond donors (Lipinski definition) is 12. The molecule has 5 aromatic rings. The number of nitrogens with two attached hydrogens (primary N) is 1. The highest BCUT2D eigenvalue weighted by atomic mass is 16.7. The quantitative estimate of drug-likeness (QED) is 0.0755. The topological polar surface area (TPSA) is 312 Å². The predicted octanol–water partition coefficient (Wildman–Crippen LogP) is 1.65. The molecule has 0 spiro atoms. The molecule has 0 unspecified atom stereocenters. The van der Waals surface area contributed by atoms with Gasteiger partial charge in [0.1, 0.15) is 63.6 Å². The third-order valence-corrected chi connectivity index (χ3v) is 11.8. The fraction of sp³-hybridized carbons (Fsp3) is 0.395. The molecule has 8 atom stereocenters. The number of carboxylic acid groups (broad SMARTS) is 1. The van der Waals surface area contributed by atoms with Crippen molar-refractivity contribution in [2.24, 2.45) is 0 Å². The van der Waals surface area contributed by atoms with E-state index in [9.17, 15) is 50.4 Å². The van der Waals surface area contributed by atoms with Gasteiger partial charge in [0.05, 0.1) is 6.61 Å².